The molecular formula is C8H11N3OS. The maximum atomic E-state index is 8.68. The minimum Gasteiger partial charge on any atom is -0.389 e. The number of nitrogens with two attached hydrogens (primary N) is 1. The average Bonchev–Trinajstić information content (AvgIpc) is 2.15. The van der Waals surface area contributed by atoms with Gasteiger partial charge < -0.3 is 15.4 Å². The molecule has 5 heteroatoms. The fraction of sp³-hybridized carbons (Fsp3) is 0.500. The van der Waals surface area contributed by atoms with Gasteiger partial charge in [0, 0.05) is 19.3 Å². The summed E-state index contributed by atoms with van der Waals surface area (Å²) in [5.41, 5.74) is 5.71. The lowest BCUT2D eigenvalue weighted by atomic mass is 10.3. The molecule has 70 valence electrons. The predicted molar refractivity (Wildman–Crippen MR) is 52.9 cm³/mol. The molecule has 1 heterocycles. The van der Waals surface area contributed by atoms with E-state index in [1.165, 1.54) is 0 Å². The first-order chi connectivity index (χ1) is 6.24. The Morgan fingerprint density at radius 3 is 2.62 bits per heavy atom. The summed E-state index contributed by atoms with van der Waals surface area (Å²) in [4.78, 5) is 2.13. The van der Waals surface area contributed by atoms with E-state index in [4.69, 9.17) is 28.0 Å². The van der Waals surface area contributed by atoms with Crippen LogP contribution in [0.4, 0.5) is 0 Å². The molecule has 0 saturated carbocycles. The van der Waals surface area contributed by atoms with Crippen LogP contribution >= 0.6 is 12.2 Å². The highest BCUT2D eigenvalue weighted by molar-refractivity contribution is 7.80. The second-order valence-corrected chi connectivity index (χ2v) is 3.11. The third kappa shape index (κ3) is 3.01. The minimum atomic E-state index is 0.147. The van der Waals surface area contributed by atoms with Crippen molar-refractivity contribution in [3.05, 3.63) is 11.8 Å². The van der Waals surface area contributed by atoms with E-state index in [1.807, 2.05) is 11.0 Å². The van der Waals surface area contributed by atoms with Crippen molar-refractivity contribution in [3.63, 3.8) is 0 Å². The number of thiocarbonyl (C=S) groups is 1. The van der Waals surface area contributed by atoms with Gasteiger partial charge in [0.15, 0.2) is 0 Å². The smallest absolute Gasteiger partial charge is 0.116 e. The molecule has 0 aliphatic carbocycles. The van der Waals surface area contributed by atoms with E-state index in [2.05, 4.69) is 0 Å². The molecule has 0 amide bonds. The number of nitrogens with zero attached hydrogens (tertiary/aromatic N) is 2. The van der Waals surface area contributed by atoms with Crippen LogP contribution in [0.1, 0.15) is 0 Å². The molecule has 0 aromatic rings. The van der Waals surface area contributed by atoms with Gasteiger partial charge in [-0.2, -0.15) is 5.26 Å². The fourth-order valence-electron chi connectivity index (χ4n) is 1.04. The van der Waals surface area contributed by atoms with E-state index < -0.39 is 0 Å². The van der Waals surface area contributed by atoms with Gasteiger partial charge in [-0.1, -0.05) is 12.2 Å². The highest BCUT2D eigenvalue weighted by Crippen LogP contribution is 2.01. The van der Waals surface area contributed by atoms with Crippen LogP contribution in [0, 0.1) is 11.3 Å². The fourth-order valence-corrected chi connectivity index (χ4v) is 1.14. The standard InChI is InChI=1S/C8H11N3OS/c9-5-7(8(10)13)6-11-1-3-12-4-2-11/h6H,1-4H2,(H2,10,13)/b7-6+. The summed E-state index contributed by atoms with van der Waals surface area (Å²) in [7, 11) is 0. The normalized spacial score (nSPS) is 18.1. The van der Waals surface area contributed by atoms with Crippen LogP contribution in [0.15, 0.2) is 11.8 Å². The van der Waals surface area contributed by atoms with Crippen LogP contribution < -0.4 is 5.73 Å². The van der Waals surface area contributed by atoms with Crippen LogP contribution in [0.5, 0.6) is 0 Å². The van der Waals surface area contributed by atoms with E-state index >= 15 is 0 Å². The van der Waals surface area contributed by atoms with E-state index in [1.54, 1.807) is 6.20 Å². The van der Waals surface area contributed by atoms with Gasteiger partial charge in [0.05, 0.1) is 13.2 Å². The Morgan fingerprint density at radius 2 is 2.15 bits per heavy atom. The molecule has 1 aliphatic heterocycles. The molecule has 1 aliphatic rings. The lowest BCUT2D eigenvalue weighted by molar-refractivity contribution is 0.0593. The van der Waals surface area contributed by atoms with Gasteiger partial charge in [0.25, 0.3) is 0 Å². The van der Waals surface area contributed by atoms with Gasteiger partial charge >= 0.3 is 0 Å². The summed E-state index contributed by atoms with van der Waals surface area (Å²) >= 11 is 4.71. The van der Waals surface area contributed by atoms with Crippen molar-refractivity contribution in [1.82, 2.24) is 4.90 Å². The summed E-state index contributed by atoms with van der Waals surface area (Å²) in [6.07, 6.45) is 1.70. The maximum absolute atomic E-state index is 8.68. The van der Waals surface area contributed by atoms with Crippen molar-refractivity contribution in [2.75, 3.05) is 26.3 Å². The van der Waals surface area contributed by atoms with Crippen molar-refractivity contribution in [2.24, 2.45) is 5.73 Å². The highest BCUT2D eigenvalue weighted by atomic mass is 32.1. The van der Waals surface area contributed by atoms with Gasteiger partial charge in [0.2, 0.25) is 0 Å². The number of ether oxygens (including phenoxy) is 1. The lowest BCUT2D eigenvalue weighted by Crippen LogP contribution is -2.33. The predicted octanol–water partition coefficient (Wildman–Crippen LogP) is 0.0122. The molecule has 0 aromatic heterocycles. The third-order valence-corrected chi connectivity index (χ3v) is 1.96. The number of hydrogen-bond donors (Lipinski definition) is 1. The van der Waals surface area contributed by atoms with E-state index in [0.29, 0.717) is 18.8 Å². The maximum Gasteiger partial charge on any atom is 0.116 e. The van der Waals surface area contributed by atoms with Crippen molar-refractivity contribution in [2.45, 2.75) is 0 Å². The summed E-state index contributed by atoms with van der Waals surface area (Å²) in [6, 6.07) is 1.96. The largest absolute Gasteiger partial charge is 0.389 e. The molecular weight excluding hydrogens is 186 g/mol. The molecule has 0 atom stereocenters. The molecule has 13 heavy (non-hydrogen) atoms. The summed E-state index contributed by atoms with van der Waals surface area (Å²) in [5, 5.41) is 8.68. The molecule has 1 saturated heterocycles. The molecule has 1 rings (SSSR count). The van der Waals surface area contributed by atoms with E-state index in [0.717, 1.165) is 13.1 Å². The quantitative estimate of drug-likeness (QED) is 0.384. The Morgan fingerprint density at radius 1 is 1.54 bits per heavy atom. The molecule has 0 radical (unpaired) electrons. The zero-order valence-corrected chi connectivity index (χ0v) is 8.01. The first-order valence-electron chi connectivity index (χ1n) is 3.97. The SMILES string of the molecule is N#C/C(=C\N1CCOCC1)C(N)=S. The van der Waals surface area contributed by atoms with Crippen molar-refractivity contribution in [1.29, 1.82) is 5.26 Å². The van der Waals surface area contributed by atoms with Crippen LogP contribution in [0.25, 0.3) is 0 Å². The first-order valence-corrected chi connectivity index (χ1v) is 4.38. The first kappa shape index (κ1) is 9.96. The molecule has 0 spiro atoms. The number of rotatable bonds is 2. The third-order valence-electron chi connectivity index (χ3n) is 1.74. The molecule has 1 fully saturated rings. The van der Waals surface area contributed by atoms with Crippen LogP contribution in [-0.2, 0) is 4.74 Å². The van der Waals surface area contributed by atoms with Crippen molar-refractivity contribution >= 4 is 17.2 Å². The molecule has 4 nitrogen and oxygen atoms in total. The molecule has 0 bridgehead atoms. The average molecular weight is 197 g/mol. The minimum absolute atomic E-state index is 0.147. The van der Waals surface area contributed by atoms with Crippen molar-refractivity contribution in [3.8, 4) is 6.07 Å². The molecule has 0 unspecified atom stereocenters. The zero-order chi connectivity index (χ0) is 9.68. The van der Waals surface area contributed by atoms with Gasteiger partial charge in [0.1, 0.15) is 16.6 Å². The molecule has 0 aromatic carbocycles. The second kappa shape index (κ2) is 4.80. The monoisotopic (exact) mass is 197 g/mol. The summed E-state index contributed by atoms with van der Waals surface area (Å²) < 4.78 is 5.16. The van der Waals surface area contributed by atoms with Gasteiger partial charge in [-0.3, -0.25) is 0 Å². The van der Waals surface area contributed by atoms with Crippen LogP contribution in [0.3, 0.4) is 0 Å². The highest BCUT2D eigenvalue weighted by Gasteiger charge is 2.08. The van der Waals surface area contributed by atoms with Crippen LogP contribution in [-0.4, -0.2) is 36.2 Å². The number of nitriles is 1. The Bertz CT molecular complexity index is 263. The van der Waals surface area contributed by atoms with E-state index in [9.17, 15) is 0 Å². The van der Waals surface area contributed by atoms with Gasteiger partial charge in [-0.25, -0.2) is 0 Å². The van der Waals surface area contributed by atoms with Crippen LogP contribution in [0.2, 0.25) is 0 Å². The van der Waals surface area contributed by atoms with Gasteiger partial charge in [-0.05, 0) is 0 Å². The number of hydrogen-bond acceptors (Lipinski definition) is 4. The summed E-state index contributed by atoms with van der Waals surface area (Å²) in [6.45, 7) is 2.95. The Labute approximate surface area is 82.6 Å². The Hall–Kier alpha value is -1.12. The second-order valence-electron chi connectivity index (χ2n) is 2.67. The van der Waals surface area contributed by atoms with Crippen molar-refractivity contribution < 1.29 is 4.74 Å². The number of morpholine rings is 1. The molecule has 2 N–H and O–H groups in total. The van der Waals surface area contributed by atoms with E-state index in [-0.39, 0.29) is 4.99 Å². The topological polar surface area (TPSA) is 62.3 Å². The Balaban J connectivity index is 2.61. The Kier molecular flexibility index (Phi) is 3.68. The van der Waals surface area contributed by atoms with Gasteiger partial charge in [-0.15, -0.1) is 0 Å². The zero-order valence-electron chi connectivity index (χ0n) is 7.19. The lowest BCUT2D eigenvalue weighted by Gasteiger charge is -2.25. The summed E-state index contributed by atoms with van der Waals surface area (Å²) in [5.74, 6) is 0.